The maximum atomic E-state index is 11.2. The van der Waals surface area contributed by atoms with Crippen LogP contribution in [-0.2, 0) is 15.6 Å². The predicted molar refractivity (Wildman–Crippen MR) is 112 cm³/mol. The lowest BCUT2D eigenvalue weighted by atomic mass is 9.79. The van der Waals surface area contributed by atoms with E-state index in [1.54, 1.807) is 12.1 Å². The van der Waals surface area contributed by atoms with Gasteiger partial charge in [0.25, 0.3) is 0 Å². The standard InChI is InChI=1S/C24H32O4/c1-23(2,3)18-13-15(7-10-20(18)25)17(9-12-22(27)28)16-8-11-21(26)19(14-16)24(4,5)6/h7-8,10-11,13-14,17,25-26H,9,12H2,1-6H3,(H,27,28). The van der Waals surface area contributed by atoms with Crippen molar-refractivity contribution in [2.24, 2.45) is 0 Å². The first kappa shape index (κ1) is 21.8. The molecule has 0 unspecified atom stereocenters. The Hall–Kier alpha value is -2.49. The molecule has 28 heavy (non-hydrogen) atoms. The Morgan fingerprint density at radius 3 is 1.54 bits per heavy atom. The van der Waals surface area contributed by atoms with Gasteiger partial charge in [-0.1, -0.05) is 65.8 Å². The lowest BCUT2D eigenvalue weighted by Crippen LogP contribution is -2.14. The zero-order valence-electron chi connectivity index (χ0n) is 17.7. The molecule has 0 saturated carbocycles. The Morgan fingerprint density at radius 1 is 0.821 bits per heavy atom. The fraction of sp³-hybridized carbons (Fsp3) is 0.458. The van der Waals surface area contributed by atoms with Crippen LogP contribution >= 0.6 is 0 Å². The largest absolute Gasteiger partial charge is 0.508 e. The van der Waals surface area contributed by atoms with Gasteiger partial charge in [0.05, 0.1) is 0 Å². The minimum absolute atomic E-state index is 0.0438. The number of rotatable bonds is 5. The molecule has 0 fully saturated rings. The molecule has 3 N–H and O–H groups in total. The smallest absolute Gasteiger partial charge is 0.303 e. The number of hydrogen-bond donors (Lipinski definition) is 3. The number of carbonyl (C=O) groups is 1. The minimum atomic E-state index is -0.838. The highest BCUT2D eigenvalue weighted by atomic mass is 16.4. The van der Waals surface area contributed by atoms with Crippen LogP contribution in [0.4, 0.5) is 0 Å². The number of aliphatic carboxylic acids is 1. The van der Waals surface area contributed by atoms with E-state index in [9.17, 15) is 20.1 Å². The zero-order chi connectivity index (χ0) is 21.3. The van der Waals surface area contributed by atoms with Crippen LogP contribution in [-0.4, -0.2) is 21.3 Å². The Kier molecular flexibility index (Phi) is 6.12. The maximum Gasteiger partial charge on any atom is 0.303 e. The van der Waals surface area contributed by atoms with Gasteiger partial charge in [-0.05, 0) is 51.6 Å². The Morgan fingerprint density at radius 2 is 1.21 bits per heavy atom. The van der Waals surface area contributed by atoms with E-state index in [-0.39, 0.29) is 34.7 Å². The van der Waals surface area contributed by atoms with E-state index in [0.717, 1.165) is 22.3 Å². The van der Waals surface area contributed by atoms with Crippen LogP contribution in [0.25, 0.3) is 0 Å². The summed E-state index contributed by atoms with van der Waals surface area (Å²) in [5.74, 6) is -0.488. The maximum absolute atomic E-state index is 11.2. The molecule has 0 spiro atoms. The number of phenolic OH excluding ortho intramolecular Hbond substituents is 2. The van der Waals surface area contributed by atoms with Gasteiger partial charge in [-0.25, -0.2) is 0 Å². The second kappa shape index (κ2) is 7.86. The van der Waals surface area contributed by atoms with E-state index in [2.05, 4.69) is 0 Å². The Balaban J connectivity index is 2.60. The van der Waals surface area contributed by atoms with Crippen LogP contribution in [0.1, 0.15) is 82.6 Å². The van der Waals surface area contributed by atoms with Gasteiger partial charge in [-0.3, -0.25) is 4.79 Å². The lowest BCUT2D eigenvalue weighted by Gasteiger charge is -2.26. The van der Waals surface area contributed by atoms with Crippen LogP contribution in [0.15, 0.2) is 36.4 Å². The van der Waals surface area contributed by atoms with Gasteiger partial charge in [0, 0.05) is 12.3 Å². The highest BCUT2D eigenvalue weighted by Gasteiger charge is 2.25. The van der Waals surface area contributed by atoms with E-state index in [1.165, 1.54) is 0 Å². The lowest BCUT2D eigenvalue weighted by molar-refractivity contribution is -0.137. The number of phenols is 2. The van der Waals surface area contributed by atoms with Crippen LogP contribution in [0.3, 0.4) is 0 Å². The molecule has 2 rings (SSSR count). The van der Waals surface area contributed by atoms with E-state index in [4.69, 9.17) is 0 Å². The summed E-state index contributed by atoms with van der Waals surface area (Å²) in [4.78, 5) is 11.2. The molecule has 0 aliphatic carbocycles. The summed E-state index contributed by atoms with van der Waals surface area (Å²) in [7, 11) is 0. The molecule has 0 atom stereocenters. The summed E-state index contributed by atoms with van der Waals surface area (Å²) in [6, 6.07) is 11.1. The van der Waals surface area contributed by atoms with Crippen molar-refractivity contribution in [1.29, 1.82) is 0 Å². The van der Waals surface area contributed by atoms with Gasteiger partial charge in [-0.15, -0.1) is 0 Å². The first-order chi connectivity index (χ1) is 12.8. The minimum Gasteiger partial charge on any atom is -0.508 e. The van der Waals surface area contributed by atoms with Gasteiger partial charge in [0.1, 0.15) is 11.5 Å². The summed E-state index contributed by atoms with van der Waals surface area (Å²) in [5, 5.41) is 29.8. The summed E-state index contributed by atoms with van der Waals surface area (Å²) >= 11 is 0. The van der Waals surface area contributed by atoms with Gasteiger partial charge in [0.2, 0.25) is 0 Å². The summed E-state index contributed by atoms with van der Waals surface area (Å²) < 4.78 is 0. The third-order valence-electron chi connectivity index (χ3n) is 5.11. The molecule has 0 saturated heterocycles. The number of hydrogen-bond acceptors (Lipinski definition) is 3. The van der Waals surface area contributed by atoms with Crippen molar-refractivity contribution in [1.82, 2.24) is 0 Å². The van der Waals surface area contributed by atoms with E-state index in [0.29, 0.717) is 6.42 Å². The summed E-state index contributed by atoms with van der Waals surface area (Å²) in [5.41, 5.74) is 3.13. The van der Waals surface area contributed by atoms with Gasteiger partial charge in [-0.2, -0.15) is 0 Å². The third kappa shape index (κ3) is 5.06. The molecule has 152 valence electrons. The highest BCUT2D eigenvalue weighted by Crippen LogP contribution is 2.39. The molecule has 0 heterocycles. The van der Waals surface area contributed by atoms with Gasteiger partial charge in [0.15, 0.2) is 0 Å². The van der Waals surface area contributed by atoms with Crippen LogP contribution < -0.4 is 0 Å². The van der Waals surface area contributed by atoms with Gasteiger partial charge >= 0.3 is 5.97 Å². The molecular formula is C24H32O4. The Bertz CT molecular complexity index is 790. The highest BCUT2D eigenvalue weighted by molar-refractivity contribution is 5.67. The van der Waals surface area contributed by atoms with Crippen LogP contribution in [0.5, 0.6) is 11.5 Å². The molecule has 0 amide bonds. The predicted octanol–water partition coefficient (Wildman–Crippen LogP) is 5.69. The second-order valence-electron chi connectivity index (χ2n) is 9.54. The third-order valence-corrected chi connectivity index (χ3v) is 5.11. The molecule has 0 aromatic heterocycles. The number of carboxylic acids is 1. The number of carboxylic acid groups (broad SMARTS) is 1. The molecule has 2 aromatic rings. The van der Waals surface area contributed by atoms with Crippen molar-refractivity contribution in [2.75, 3.05) is 0 Å². The second-order valence-corrected chi connectivity index (χ2v) is 9.54. The molecule has 0 aliphatic rings. The van der Waals surface area contributed by atoms with Crippen LogP contribution in [0.2, 0.25) is 0 Å². The fourth-order valence-electron chi connectivity index (χ4n) is 3.54. The van der Waals surface area contributed by atoms with Gasteiger partial charge < -0.3 is 15.3 Å². The van der Waals surface area contributed by atoms with Crippen LogP contribution in [0, 0.1) is 0 Å². The number of benzene rings is 2. The molecular weight excluding hydrogens is 352 g/mol. The molecule has 0 bridgehead atoms. The monoisotopic (exact) mass is 384 g/mol. The SMILES string of the molecule is CC(C)(C)c1cc(C(CCC(=O)O)c2ccc(O)c(C(C)(C)C)c2)ccc1O. The molecule has 0 radical (unpaired) electrons. The molecule has 2 aromatic carbocycles. The topological polar surface area (TPSA) is 77.8 Å². The zero-order valence-corrected chi connectivity index (χ0v) is 17.7. The van der Waals surface area contributed by atoms with Crippen molar-refractivity contribution in [2.45, 2.75) is 71.1 Å². The average Bonchev–Trinajstić information content (AvgIpc) is 2.55. The first-order valence-corrected chi connectivity index (χ1v) is 9.69. The number of aromatic hydroxyl groups is 2. The normalized spacial score (nSPS) is 12.4. The van der Waals surface area contributed by atoms with E-state index >= 15 is 0 Å². The van der Waals surface area contributed by atoms with E-state index in [1.807, 2.05) is 65.8 Å². The van der Waals surface area contributed by atoms with Crippen molar-refractivity contribution in [3.05, 3.63) is 58.7 Å². The molecule has 4 heteroatoms. The first-order valence-electron chi connectivity index (χ1n) is 9.69. The molecule has 0 aliphatic heterocycles. The average molecular weight is 385 g/mol. The van der Waals surface area contributed by atoms with Crippen molar-refractivity contribution in [3.8, 4) is 11.5 Å². The van der Waals surface area contributed by atoms with E-state index < -0.39 is 5.97 Å². The summed E-state index contributed by atoms with van der Waals surface area (Å²) in [6.45, 7) is 12.2. The summed E-state index contributed by atoms with van der Waals surface area (Å²) in [6.07, 6.45) is 0.486. The molecule has 4 nitrogen and oxygen atoms in total. The van der Waals surface area contributed by atoms with Crippen molar-refractivity contribution < 1.29 is 20.1 Å². The van der Waals surface area contributed by atoms with Crippen molar-refractivity contribution in [3.63, 3.8) is 0 Å². The van der Waals surface area contributed by atoms with Crippen molar-refractivity contribution >= 4 is 5.97 Å². The quantitative estimate of drug-likeness (QED) is 0.619. The fourth-order valence-corrected chi connectivity index (χ4v) is 3.54. The Labute approximate surface area is 167 Å².